The van der Waals surface area contributed by atoms with Crippen LogP contribution in [0, 0.1) is 0 Å². The maximum atomic E-state index is 5.99. The predicted molar refractivity (Wildman–Crippen MR) is 75.2 cm³/mol. The Kier molecular flexibility index (Phi) is 4.07. The first kappa shape index (κ1) is 13.6. The molecule has 0 saturated heterocycles. The molecule has 1 fully saturated rings. The van der Waals surface area contributed by atoms with Crippen LogP contribution in [-0.4, -0.2) is 41.0 Å². The van der Waals surface area contributed by atoms with Crippen LogP contribution in [0.15, 0.2) is 6.07 Å². The van der Waals surface area contributed by atoms with Gasteiger partial charge in [0, 0.05) is 24.6 Å². The summed E-state index contributed by atoms with van der Waals surface area (Å²) in [6.45, 7) is 2.94. The standard InChI is InChI=1S/C13H21ClN4/c1-4-11-16-10(14)8-12(17-11)15-9-13(18(2)3)6-5-7-13/h8H,4-7,9H2,1-3H3,(H,15,16,17). The summed E-state index contributed by atoms with van der Waals surface area (Å²) in [5, 5.41) is 3.92. The van der Waals surface area contributed by atoms with E-state index < -0.39 is 0 Å². The van der Waals surface area contributed by atoms with E-state index in [0.717, 1.165) is 24.6 Å². The van der Waals surface area contributed by atoms with Crippen molar-refractivity contribution >= 4 is 17.4 Å². The topological polar surface area (TPSA) is 41.1 Å². The summed E-state index contributed by atoms with van der Waals surface area (Å²) < 4.78 is 0. The Morgan fingerprint density at radius 3 is 2.61 bits per heavy atom. The van der Waals surface area contributed by atoms with E-state index in [2.05, 4.69) is 34.3 Å². The Bertz CT molecular complexity index is 415. The van der Waals surface area contributed by atoms with Crippen molar-refractivity contribution in [3.8, 4) is 0 Å². The van der Waals surface area contributed by atoms with Crippen molar-refractivity contribution in [2.75, 3.05) is 26.0 Å². The van der Waals surface area contributed by atoms with Gasteiger partial charge in [0.25, 0.3) is 0 Å². The lowest BCUT2D eigenvalue weighted by molar-refractivity contribution is 0.0738. The van der Waals surface area contributed by atoms with Crippen LogP contribution in [0.3, 0.4) is 0 Å². The van der Waals surface area contributed by atoms with Crippen LogP contribution in [-0.2, 0) is 6.42 Å². The van der Waals surface area contributed by atoms with Gasteiger partial charge in [-0.2, -0.15) is 0 Å². The van der Waals surface area contributed by atoms with Gasteiger partial charge in [-0.15, -0.1) is 0 Å². The van der Waals surface area contributed by atoms with Gasteiger partial charge < -0.3 is 10.2 Å². The summed E-state index contributed by atoms with van der Waals surface area (Å²) in [6, 6.07) is 1.79. The lowest BCUT2D eigenvalue weighted by Crippen LogP contribution is -2.54. The van der Waals surface area contributed by atoms with Gasteiger partial charge in [-0.1, -0.05) is 18.5 Å². The van der Waals surface area contributed by atoms with Gasteiger partial charge in [0.2, 0.25) is 0 Å². The molecule has 1 aliphatic carbocycles. The minimum atomic E-state index is 0.282. The number of aryl methyl sites for hydroxylation is 1. The van der Waals surface area contributed by atoms with E-state index in [9.17, 15) is 0 Å². The van der Waals surface area contributed by atoms with Crippen molar-refractivity contribution in [2.45, 2.75) is 38.1 Å². The minimum Gasteiger partial charge on any atom is -0.368 e. The molecule has 0 spiro atoms. The van der Waals surface area contributed by atoms with Crippen molar-refractivity contribution in [3.63, 3.8) is 0 Å². The van der Waals surface area contributed by atoms with E-state index in [1.54, 1.807) is 6.07 Å². The van der Waals surface area contributed by atoms with Crippen LogP contribution in [0.2, 0.25) is 5.15 Å². The normalized spacial score (nSPS) is 17.6. The van der Waals surface area contributed by atoms with Crippen LogP contribution in [0.5, 0.6) is 0 Å². The number of nitrogens with zero attached hydrogens (tertiary/aromatic N) is 3. The molecule has 0 radical (unpaired) electrons. The number of likely N-dealkylation sites (N-methyl/N-ethyl adjacent to an activating group) is 1. The molecule has 18 heavy (non-hydrogen) atoms. The average molecular weight is 269 g/mol. The van der Waals surface area contributed by atoms with E-state index >= 15 is 0 Å². The van der Waals surface area contributed by atoms with Gasteiger partial charge in [0.1, 0.15) is 16.8 Å². The van der Waals surface area contributed by atoms with E-state index in [4.69, 9.17) is 11.6 Å². The Morgan fingerprint density at radius 1 is 1.39 bits per heavy atom. The van der Waals surface area contributed by atoms with Crippen LogP contribution in [0.25, 0.3) is 0 Å². The van der Waals surface area contributed by atoms with E-state index in [-0.39, 0.29) is 5.54 Å². The van der Waals surface area contributed by atoms with Crippen molar-refractivity contribution in [2.24, 2.45) is 0 Å². The van der Waals surface area contributed by atoms with Crippen LogP contribution in [0.4, 0.5) is 5.82 Å². The number of hydrogen-bond donors (Lipinski definition) is 1. The molecule has 0 atom stereocenters. The number of aromatic nitrogens is 2. The Balaban J connectivity index is 2.03. The molecule has 100 valence electrons. The second-order valence-corrected chi connectivity index (χ2v) is 5.56. The Hall–Kier alpha value is -0.870. The van der Waals surface area contributed by atoms with Crippen LogP contribution >= 0.6 is 11.6 Å². The predicted octanol–water partition coefficient (Wildman–Crippen LogP) is 2.59. The molecule has 0 aromatic carbocycles. The molecule has 1 saturated carbocycles. The zero-order valence-electron chi connectivity index (χ0n) is 11.3. The monoisotopic (exact) mass is 268 g/mol. The SMILES string of the molecule is CCc1nc(Cl)cc(NCC2(N(C)C)CCC2)n1. The van der Waals surface area contributed by atoms with Crippen molar-refractivity contribution < 1.29 is 0 Å². The first-order chi connectivity index (χ1) is 8.55. The molecule has 1 heterocycles. The quantitative estimate of drug-likeness (QED) is 0.834. The fourth-order valence-corrected chi connectivity index (χ4v) is 2.54. The maximum Gasteiger partial charge on any atom is 0.134 e. The third kappa shape index (κ3) is 2.75. The highest BCUT2D eigenvalue weighted by Gasteiger charge is 2.38. The smallest absolute Gasteiger partial charge is 0.134 e. The Labute approximate surface area is 114 Å². The number of nitrogens with one attached hydrogen (secondary N) is 1. The van der Waals surface area contributed by atoms with Crippen LogP contribution in [0.1, 0.15) is 32.0 Å². The zero-order valence-corrected chi connectivity index (χ0v) is 12.1. The van der Waals surface area contributed by atoms with Gasteiger partial charge in [0.05, 0.1) is 0 Å². The molecule has 1 aromatic rings. The summed E-state index contributed by atoms with van der Waals surface area (Å²) in [5.41, 5.74) is 0.282. The van der Waals surface area contributed by atoms with Crippen molar-refractivity contribution in [1.82, 2.24) is 14.9 Å². The summed E-state index contributed by atoms with van der Waals surface area (Å²) in [5.74, 6) is 1.62. The average Bonchev–Trinajstić information content (AvgIpc) is 2.26. The maximum absolute atomic E-state index is 5.99. The van der Waals surface area contributed by atoms with Gasteiger partial charge in [-0.3, -0.25) is 0 Å². The van der Waals surface area contributed by atoms with Crippen molar-refractivity contribution in [1.29, 1.82) is 0 Å². The van der Waals surface area contributed by atoms with Gasteiger partial charge in [-0.25, -0.2) is 9.97 Å². The second kappa shape index (κ2) is 5.41. The highest BCUT2D eigenvalue weighted by Crippen LogP contribution is 2.36. The highest BCUT2D eigenvalue weighted by molar-refractivity contribution is 6.29. The fraction of sp³-hybridized carbons (Fsp3) is 0.692. The molecule has 0 bridgehead atoms. The summed E-state index contributed by atoms with van der Waals surface area (Å²) >= 11 is 5.99. The van der Waals surface area contributed by atoms with Crippen LogP contribution < -0.4 is 5.32 Å². The number of hydrogen-bond acceptors (Lipinski definition) is 4. The largest absolute Gasteiger partial charge is 0.368 e. The molecule has 4 nitrogen and oxygen atoms in total. The Morgan fingerprint density at radius 2 is 2.11 bits per heavy atom. The molecule has 0 aliphatic heterocycles. The highest BCUT2D eigenvalue weighted by atomic mass is 35.5. The molecule has 1 N–H and O–H groups in total. The lowest BCUT2D eigenvalue weighted by atomic mass is 9.75. The molecular formula is C13H21ClN4. The molecule has 0 unspecified atom stereocenters. The number of anilines is 1. The summed E-state index contributed by atoms with van der Waals surface area (Å²) in [6.07, 6.45) is 4.59. The molecule has 1 aliphatic rings. The third-order valence-electron chi connectivity index (χ3n) is 3.89. The number of halogens is 1. The minimum absolute atomic E-state index is 0.282. The molecule has 2 rings (SSSR count). The summed E-state index contributed by atoms with van der Waals surface area (Å²) in [7, 11) is 4.29. The van der Waals surface area contributed by atoms with E-state index in [1.165, 1.54) is 19.3 Å². The third-order valence-corrected chi connectivity index (χ3v) is 4.08. The second-order valence-electron chi connectivity index (χ2n) is 5.17. The lowest BCUT2D eigenvalue weighted by Gasteiger charge is -2.47. The number of rotatable bonds is 5. The van der Waals surface area contributed by atoms with Gasteiger partial charge in [0.15, 0.2) is 0 Å². The van der Waals surface area contributed by atoms with E-state index in [1.807, 2.05) is 6.92 Å². The fourth-order valence-electron chi connectivity index (χ4n) is 2.34. The van der Waals surface area contributed by atoms with E-state index in [0.29, 0.717) is 5.15 Å². The summed E-state index contributed by atoms with van der Waals surface area (Å²) in [4.78, 5) is 10.9. The van der Waals surface area contributed by atoms with Gasteiger partial charge in [-0.05, 0) is 33.4 Å². The zero-order chi connectivity index (χ0) is 13.2. The molecule has 1 aromatic heterocycles. The molecule has 0 amide bonds. The van der Waals surface area contributed by atoms with Gasteiger partial charge >= 0.3 is 0 Å². The first-order valence-corrected chi connectivity index (χ1v) is 6.88. The first-order valence-electron chi connectivity index (χ1n) is 6.50. The molecular weight excluding hydrogens is 248 g/mol. The van der Waals surface area contributed by atoms with Crippen molar-refractivity contribution in [3.05, 3.63) is 17.0 Å². The molecule has 5 heteroatoms.